The molecule has 0 bridgehead atoms. The van der Waals surface area contributed by atoms with E-state index < -0.39 is 53.9 Å². The highest BCUT2D eigenvalue weighted by Crippen LogP contribution is 2.35. The van der Waals surface area contributed by atoms with Crippen LogP contribution in [-0.2, 0) is 40.7 Å². The predicted octanol–water partition coefficient (Wildman–Crippen LogP) is 4.43. The molecule has 4 atom stereocenters. The number of rotatable bonds is 12. The largest absolute Gasteiger partial charge is 0.495 e. The molecule has 0 spiro atoms. The van der Waals surface area contributed by atoms with E-state index in [9.17, 15) is 27.0 Å². The summed E-state index contributed by atoms with van der Waals surface area (Å²) in [7, 11) is -4.47. The lowest BCUT2D eigenvalue weighted by Crippen LogP contribution is -2.43. The second-order valence-electron chi connectivity index (χ2n) is 15.2. The van der Waals surface area contributed by atoms with Crippen LogP contribution in [0.2, 0.25) is 0 Å². The summed E-state index contributed by atoms with van der Waals surface area (Å²) in [6.07, 6.45) is -1.40. The molecule has 0 amide bonds. The normalized spacial score (nSPS) is 19.5. The number of sulfone groups is 2. The SMILES string of the molecule is COc1cccc(C)c1-n1c(CS(=O)(=O)[C@@H]2COCC[C@H]2O)nnc1-c1ccc(C)o1.COc1cccc(C)c1-n1c(CS(=O)(=O)[C@H]2COCC[C@@H]2O)nnc1-c1ccc(C)o1. The molecule has 20 heteroatoms. The quantitative estimate of drug-likeness (QED) is 0.173. The molecule has 0 unspecified atom stereocenters. The third-order valence-electron chi connectivity index (χ3n) is 10.8. The number of hydrogen-bond acceptors (Lipinski definition) is 16. The van der Waals surface area contributed by atoms with Crippen LogP contribution >= 0.6 is 0 Å². The highest BCUT2D eigenvalue weighted by atomic mass is 32.2. The molecular weight excluding hydrogens is 845 g/mol. The summed E-state index contributed by atoms with van der Waals surface area (Å²) in [6.45, 7) is 8.00. The number of hydrogen-bond donors (Lipinski definition) is 2. The zero-order valence-electron chi connectivity index (χ0n) is 35.2. The van der Waals surface area contributed by atoms with Gasteiger partial charge in [-0.05, 0) is 88.1 Å². The molecule has 0 saturated carbocycles. The standard InChI is InChI=1S/2C21H25N3O6S/c2*1-13-5-4-6-16(28-3)20(13)24-19(22-23-21(24)17-8-7-14(2)30-17)12-31(26,27)18-11-29-10-9-15(18)25/h2*4-8,15,18,25H,9-12H2,1-3H3/t2*15-,18-/m10/s1. The van der Waals surface area contributed by atoms with Crippen LogP contribution in [-0.4, -0.2) is 120 Å². The van der Waals surface area contributed by atoms with E-state index in [1.54, 1.807) is 59.8 Å². The maximum absolute atomic E-state index is 13.2. The zero-order chi connectivity index (χ0) is 44.3. The Morgan fingerprint density at radius 1 is 0.613 bits per heavy atom. The fourth-order valence-corrected chi connectivity index (χ4v) is 10.9. The number of aryl methyl sites for hydroxylation is 4. The minimum absolute atomic E-state index is 0.0461. The predicted molar refractivity (Wildman–Crippen MR) is 226 cm³/mol. The van der Waals surface area contributed by atoms with Crippen molar-refractivity contribution in [2.75, 3.05) is 40.6 Å². The van der Waals surface area contributed by atoms with Gasteiger partial charge < -0.3 is 38.0 Å². The van der Waals surface area contributed by atoms with Crippen LogP contribution in [0.1, 0.15) is 47.1 Å². The van der Waals surface area contributed by atoms with Crippen LogP contribution in [0.25, 0.3) is 34.5 Å². The van der Waals surface area contributed by atoms with Crippen molar-refractivity contribution in [3.63, 3.8) is 0 Å². The van der Waals surface area contributed by atoms with Crippen molar-refractivity contribution in [3.8, 4) is 46.0 Å². The van der Waals surface area contributed by atoms with E-state index in [1.807, 2.05) is 52.0 Å². The summed E-state index contributed by atoms with van der Waals surface area (Å²) < 4.78 is 89.2. The molecule has 8 rings (SSSR count). The Hall–Kier alpha value is -5.38. The lowest BCUT2D eigenvalue weighted by molar-refractivity contribution is 0.0171. The van der Waals surface area contributed by atoms with Gasteiger partial charge in [0.05, 0.1) is 51.0 Å². The lowest BCUT2D eigenvalue weighted by Gasteiger charge is -2.27. The number of aliphatic hydroxyl groups is 2. The number of aromatic nitrogens is 6. The van der Waals surface area contributed by atoms with Crippen molar-refractivity contribution in [2.45, 2.75) is 74.8 Å². The van der Waals surface area contributed by atoms with Crippen molar-refractivity contribution in [3.05, 3.63) is 95.0 Å². The van der Waals surface area contributed by atoms with Gasteiger partial charge in [0.1, 0.15) is 45.0 Å². The molecule has 2 aromatic carbocycles. The van der Waals surface area contributed by atoms with E-state index in [0.29, 0.717) is 70.8 Å². The Morgan fingerprint density at radius 3 is 1.35 bits per heavy atom. The van der Waals surface area contributed by atoms with Gasteiger partial charge >= 0.3 is 0 Å². The Balaban J connectivity index is 0.000000186. The summed E-state index contributed by atoms with van der Waals surface area (Å²) in [4.78, 5) is 0. The summed E-state index contributed by atoms with van der Waals surface area (Å²) >= 11 is 0. The zero-order valence-corrected chi connectivity index (χ0v) is 36.8. The molecule has 0 aliphatic carbocycles. The van der Waals surface area contributed by atoms with E-state index >= 15 is 0 Å². The number of benzene rings is 2. The third kappa shape index (κ3) is 9.20. The van der Waals surface area contributed by atoms with Crippen LogP contribution in [0.5, 0.6) is 11.5 Å². The van der Waals surface area contributed by atoms with Gasteiger partial charge in [0.2, 0.25) is 11.6 Å². The molecule has 62 heavy (non-hydrogen) atoms. The van der Waals surface area contributed by atoms with Gasteiger partial charge in [-0.1, -0.05) is 24.3 Å². The molecule has 4 aromatic heterocycles. The fourth-order valence-electron chi connectivity index (χ4n) is 7.55. The monoisotopic (exact) mass is 894 g/mol. The first-order chi connectivity index (χ1) is 29.6. The van der Waals surface area contributed by atoms with Crippen LogP contribution in [0.3, 0.4) is 0 Å². The Kier molecular flexibility index (Phi) is 13.4. The van der Waals surface area contributed by atoms with E-state index in [4.69, 9.17) is 27.8 Å². The van der Waals surface area contributed by atoms with E-state index in [1.165, 1.54) is 0 Å². The first-order valence-electron chi connectivity index (χ1n) is 19.9. The first-order valence-corrected chi connectivity index (χ1v) is 23.3. The number of methoxy groups -OCH3 is 2. The van der Waals surface area contributed by atoms with Crippen molar-refractivity contribution in [1.82, 2.24) is 29.5 Å². The third-order valence-corrected chi connectivity index (χ3v) is 14.9. The van der Waals surface area contributed by atoms with Crippen molar-refractivity contribution in [1.29, 1.82) is 0 Å². The van der Waals surface area contributed by atoms with Gasteiger partial charge in [0.15, 0.2) is 42.8 Å². The molecule has 2 N–H and O–H groups in total. The molecule has 332 valence electrons. The molecule has 18 nitrogen and oxygen atoms in total. The Morgan fingerprint density at radius 2 is 1.02 bits per heavy atom. The maximum Gasteiger partial charge on any atom is 0.204 e. The van der Waals surface area contributed by atoms with E-state index in [2.05, 4.69) is 20.4 Å². The van der Waals surface area contributed by atoms with Crippen LogP contribution in [0, 0.1) is 27.7 Å². The summed E-state index contributed by atoms with van der Waals surface area (Å²) in [5.41, 5.74) is 2.96. The van der Waals surface area contributed by atoms with Crippen LogP contribution in [0.4, 0.5) is 0 Å². The highest BCUT2D eigenvalue weighted by molar-refractivity contribution is 7.91. The number of nitrogens with zero attached hydrogens (tertiary/aromatic N) is 6. The smallest absolute Gasteiger partial charge is 0.204 e. The second kappa shape index (κ2) is 18.5. The number of ether oxygens (including phenoxy) is 4. The minimum Gasteiger partial charge on any atom is -0.495 e. The van der Waals surface area contributed by atoms with Gasteiger partial charge in [-0.25, -0.2) is 16.8 Å². The number of aliphatic hydroxyl groups excluding tert-OH is 2. The first kappa shape index (κ1) is 44.7. The molecule has 6 aromatic rings. The van der Waals surface area contributed by atoms with Gasteiger partial charge in [-0.3, -0.25) is 9.13 Å². The van der Waals surface area contributed by atoms with Gasteiger partial charge in [-0.15, -0.1) is 20.4 Å². The Labute approximate surface area is 359 Å². The number of furan rings is 2. The summed E-state index contributed by atoms with van der Waals surface area (Å²) in [5, 5.41) is 35.3. The minimum atomic E-state index is -3.78. The Bertz CT molecular complexity index is 2550. The van der Waals surface area contributed by atoms with Crippen LogP contribution < -0.4 is 9.47 Å². The van der Waals surface area contributed by atoms with E-state index in [-0.39, 0.29) is 37.7 Å². The maximum atomic E-state index is 13.2. The van der Waals surface area contributed by atoms with Gasteiger partial charge in [0, 0.05) is 13.2 Å². The molecule has 6 heterocycles. The summed E-state index contributed by atoms with van der Waals surface area (Å²) in [6, 6.07) is 18.2. The highest BCUT2D eigenvalue weighted by Gasteiger charge is 2.39. The fraction of sp³-hybridized carbons (Fsp3) is 0.429. The van der Waals surface area contributed by atoms with Crippen molar-refractivity contribution >= 4 is 19.7 Å². The molecular formula is C42H50N6O12S2. The average molecular weight is 895 g/mol. The molecule has 0 radical (unpaired) electrons. The molecule has 2 fully saturated rings. The summed E-state index contributed by atoms with van der Waals surface area (Å²) in [5.74, 6) is 3.70. The van der Waals surface area contributed by atoms with Crippen molar-refractivity contribution < 1.29 is 54.8 Å². The van der Waals surface area contributed by atoms with E-state index in [0.717, 1.165) is 11.1 Å². The lowest BCUT2D eigenvalue weighted by atomic mass is 10.1. The second-order valence-corrected chi connectivity index (χ2v) is 19.6. The van der Waals surface area contributed by atoms with Gasteiger partial charge in [0.25, 0.3) is 0 Å². The molecule has 2 aliphatic rings. The van der Waals surface area contributed by atoms with Crippen molar-refractivity contribution in [2.24, 2.45) is 0 Å². The average Bonchev–Trinajstić information content (AvgIpc) is 4.05. The molecule has 2 aliphatic heterocycles. The molecule has 2 saturated heterocycles. The van der Waals surface area contributed by atoms with Crippen LogP contribution in [0.15, 0.2) is 69.5 Å². The topological polar surface area (TPSA) is 233 Å². The number of para-hydroxylation sites is 2. The van der Waals surface area contributed by atoms with Gasteiger partial charge in [-0.2, -0.15) is 0 Å².